The van der Waals surface area contributed by atoms with E-state index in [1.807, 2.05) is 6.08 Å². The Morgan fingerprint density at radius 1 is 0.403 bits per heavy atom. The Kier molecular flexibility index (Phi) is 49.9. The minimum atomic E-state index is -0.872. The van der Waals surface area contributed by atoms with Crippen LogP contribution in [0.25, 0.3) is 0 Å². The van der Waals surface area contributed by atoms with E-state index in [1.54, 1.807) is 6.08 Å². The Bertz CT molecular complexity index is 1200. The van der Waals surface area contributed by atoms with Crippen molar-refractivity contribution >= 4 is 5.91 Å². The van der Waals surface area contributed by atoms with Gasteiger partial charge in [-0.25, -0.2) is 0 Å². The first-order valence-electron chi connectivity index (χ1n) is 26.1. The first kappa shape index (κ1) is 59.1. The van der Waals surface area contributed by atoms with E-state index in [4.69, 9.17) is 0 Å². The average Bonchev–Trinajstić information content (AvgIpc) is 3.28. The van der Waals surface area contributed by atoms with Gasteiger partial charge in [0.25, 0.3) is 0 Å². The third kappa shape index (κ3) is 48.1. The summed E-state index contributed by atoms with van der Waals surface area (Å²) in [6, 6.07) is -0.647. The number of hydrogen-bond acceptors (Lipinski definition) is 3. The molecule has 2 atom stereocenters. The van der Waals surface area contributed by atoms with Gasteiger partial charge in [-0.1, -0.05) is 245 Å². The average molecular weight is 858 g/mol. The van der Waals surface area contributed by atoms with E-state index < -0.39 is 12.1 Å². The van der Waals surface area contributed by atoms with Crippen LogP contribution in [-0.2, 0) is 4.79 Å². The van der Waals surface area contributed by atoms with Gasteiger partial charge in [0.1, 0.15) is 0 Å². The van der Waals surface area contributed by atoms with Gasteiger partial charge in [-0.15, -0.1) is 0 Å². The largest absolute Gasteiger partial charge is 0.394 e. The molecule has 0 spiro atoms. The third-order valence-corrected chi connectivity index (χ3v) is 11.2. The van der Waals surface area contributed by atoms with Gasteiger partial charge in [0, 0.05) is 6.42 Å². The predicted octanol–water partition coefficient (Wildman–Crippen LogP) is 17.1. The van der Waals surface area contributed by atoms with Gasteiger partial charge in [-0.3, -0.25) is 4.79 Å². The molecule has 0 radical (unpaired) electrons. The van der Waals surface area contributed by atoms with Crippen molar-refractivity contribution in [1.82, 2.24) is 5.32 Å². The molecule has 0 bridgehead atoms. The second-order valence-corrected chi connectivity index (χ2v) is 17.2. The predicted molar refractivity (Wildman–Crippen MR) is 276 cm³/mol. The fraction of sp³-hybridized carbons (Fsp3) is 0.672. The van der Waals surface area contributed by atoms with Gasteiger partial charge < -0.3 is 15.5 Å². The Morgan fingerprint density at radius 3 is 1.11 bits per heavy atom. The SMILES string of the molecule is CC/C=C\C/C=C\C/C=C\C/C=C\C/C=C\C/C=C\CCCCCCCCCCCCCCCCCCCCCCC(=O)NC(CO)C(O)/C=C/CC/C=C/CC/C=C/CCC. The third-order valence-electron chi connectivity index (χ3n) is 11.2. The van der Waals surface area contributed by atoms with Crippen molar-refractivity contribution in [2.45, 2.75) is 244 Å². The monoisotopic (exact) mass is 858 g/mol. The molecule has 0 aliphatic rings. The fourth-order valence-electron chi connectivity index (χ4n) is 7.28. The van der Waals surface area contributed by atoms with Crippen LogP contribution in [0.15, 0.2) is 109 Å². The van der Waals surface area contributed by atoms with Crippen molar-refractivity contribution < 1.29 is 15.0 Å². The van der Waals surface area contributed by atoms with E-state index >= 15 is 0 Å². The normalized spacial score (nSPS) is 13.8. The smallest absolute Gasteiger partial charge is 0.220 e. The summed E-state index contributed by atoms with van der Waals surface area (Å²) in [6.07, 6.45) is 79.6. The van der Waals surface area contributed by atoms with Crippen LogP contribution in [0.4, 0.5) is 0 Å². The summed E-state index contributed by atoms with van der Waals surface area (Å²) in [5, 5.41) is 22.9. The molecule has 354 valence electrons. The Labute approximate surface area is 385 Å². The highest BCUT2D eigenvalue weighted by Gasteiger charge is 2.17. The number of carbonyl (C=O) groups is 1. The maximum atomic E-state index is 12.4. The van der Waals surface area contributed by atoms with Crippen LogP contribution in [0.1, 0.15) is 232 Å². The molecule has 0 aromatic rings. The van der Waals surface area contributed by atoms with E-state index in [9.17, 15) is 15.0 Å². The summed E-state index contributed by atoms with van der Waals surface area (Å²) in [7, 11) is 0. The molecule has 0 aliphatic heterocycles. The summed E-state index contributed by atoms with van der Waals surface area (Å²) < 4.78 is 0. The Balaban J connectivity index is 3.47. The topological polar surface area (TPSA) is 69.6 Å². The molecule has 62 heavy (non-hydrogen) atoms. The summed E-state index contributed by atoms with van der Waals surface area (Å²) in [6.45, 7) is 4.09. The second kappa shape index (κ2) is 52.4. The zero-order valence-corrected chi connectivity index (χ0v) is 40.6. The van der Waals surface area contributed by atoms with Gasteiger partial charge in [0.05, 0.1) is 18.8 Å². The Morgan fingerprint density at radius 2 is 0.726 bits per heavy atom. The molecule has 0 aliphatic carbocycles. The first-order valence-corrected chi connectivity index (χ1v) is 26.1. The molecule has 0 fully saturated rings. The first-order chi connectivity index (χ1) is 30.7. The van der Waals surface area contributed by atoms with Gasteiger partial charge in [0.15, 0.2) is 0 Å². The molecule has 3 N–H and O–H groups in total. The van der Waals surface area contributed by atoms with Crippen LogP contribution < -0.4 is 5.32 Å². The maximum Gasteiger partial charge on any atom is 0.220 e. The lowest BCUT2D eigenvalue weighted by Crippen LogP contribution is -2.45. The van der Waals surface area contributed by atoms with E-state index in [-0.39, 0.29) is 12.5 Å². The second-order valence-electron chi connectivity index (χ2n) is 17.2. The van der Waals surface area contributed by atoms with Crippen LogP contribution in [0.3, 0.4) is 0 Å². The minimum Gasteiger partial charge on any atom is -0.394 e. The molecule has 0 aromatic carbocycles. The zero-order valence-electron chi connectivity index (χ0n) is 40.6. The Hall–Kier alpha value is -2.95. The summed E-state index contributed by atoms with van der Waals surface area (Å²) in [5.41, 5.74) is 0. The lowest BCUT2D eigenvalue weighted by Gasteiger charge is -2.19. The van der Waals surface area contributed by atoms with Gasteiger partial charge in [0.2, 0.25) is 5.91 Å². The number of nitrogens with one attached hydrogen (secondary N) is 1. The van der Waals surface area contributed by atoms with Crippen molar-refractivity contribution in [3.63, 3.8) is 0 Å². The highest BCUT2D eigenvalue weighted by molar-refractivity contribution is 5.76. The van der Waals surface area contributed by atoms with Crippen molar-refractivity contribution in [3.05, 3.63) is 109 Å². The minimum absolute atomic E-state index is 0.0814. The number of hydrogen-bond donors (Lipinski definition) is 3. The molecule has 4 nitrogen and oxygen atoms in total. The van der Waals surface area contributed by atoms with Crippen molar-refractivity contribution in [2.75, 3.05) is 6.61 Å². The van der Waals surface area contributed by atoms with Crippen LogP contribution >= 0.6 is 0 Å². The summed E-state index contributed by atoms with van der Waals surface area (Å²) in [5.74, 6) is -0.0814. The molecule has 0 saturated heterocycles. The number of aliphatic hydroxyl groups is 2. The molecule has 0 heterocycles. The molecule has 4 heteroatoms. The zero-order chi connectivity index (χ0) is 44.9. The highest BCUT2D eigenvalue weighted by atomic mass is 16.3. The lowest BCUT2D eigenvalue weighted by atomic mass is 10.0. The summed E-state index contributed by atoms with van der Waals surface area (Å²) in [4.78, 5) is 12.4. The number of unbranched alkanes of at least 4 members (excludes halogenated alkanes) is 23. The lowest BCUT2D eigenvalue weighted by molar-refractivity contribution is -0.123. The number of rotatable bonds is 46. The number of allylic oxidation sites excluding steroid dienone is 17. The standard InChI is InChI=1S/C58H99NO3/c1-3-5-7-9-11-13-15-16-17-18-19-20-21-22-23-24-25-26-27-28-29-30-31-32-33-34-35-36-37-38-39-40-41-42-44-46-48-50-52-54-58(62)59-56(55-60)57(61)53-51-49-47-45-43-14-12-10-8-6-4-2/h5,7-8,10-11,13,16-17,19-20,22-23,25-26,43,45,51,53,56-57,60-61H,3-4,6,9,12,14-15,18,21,24,27-42,44,46-50,52,54-55H2,1-2H3,(H,59,62)/b7-5-,10-8+,13-11-,17-16-,20-19-,23-22-,26-25-,45-43+,53-51+. The van der Waals surface area contributed by atoms with Gasteiger partial charge in [-0.2, -0.15) is 0 Å². The fourth-order valence-corrected chi connectivity index (χ4v) is 7.28. The van der Waals surface area contributed by atoms with Crippen LogP contribution in [0.2, 0.25) is 0 Å². The molecular weight excluding hydrogens is 759 g/mol. The van der Waals surface area contributed by atoms with Crippen LogP contribution in [0.5, 0.6) is 0 Å². The van der Waals surface area contributed by atoms with E-state index in [1.165, 1.54) is 128 Å². The molecule has 0 aromatic heterocycles. The van der Waals surface area contributed by atoms with Crippen molar-refractivity contribution in [3.8, 4) is 0 Å². The highest BCUT2D eigenvalue weighted by Crippen LogP contribution is 2.16. The number of carbonyl (C=O) groups excluding carboxylic acids is 1. The van der Waals surface area contributed by atoms with E-state index in [2.05, 4.69) is 116 Å². The summed E-state index contributed by atoms with van der Waals surface area (Å²) >= 11 is 0. The molecular formula is C58H99NO3. The van der Waals surface area contributed by atoms with Crippen LogP contribution in [0, 0.1) is 0 Å². The number of amides is 1. The van der Waals surface area contributed by atoms with E-state index in [0.29, 0.717) is 6.42 Å². The molecule has 0 saturated carbocycles. The van der Waals surface area contributed by atoms with Gasteiger partial charge >= 0.3 is 0 Å². The quantitative estimate of drug-likeness (QED) is 0.0422. The number of aliphatic hydroxyl groups excluding tert-OH is 2. The molecule has 2 unspecified atom stereocenters. The van der Waals surface area contributed by atoms with Crippen LogP contribution in [-0.4, -0.2) is 34.9 Å². The van der Waals surface area contributed by atoms with Crippen molar-refractivity contribution in [2.24, 2.45) is 0 Å². The van der Waals surface area contributed by atoms with Crippen molar-refractivity contribution in [1.29, 1.82) is 0 Å². The maximum absolute atomic E-state index is 12.4. The van der Waals surface area contributed by atoms with E-state index in [0.717, 1.165) is 83.5 Å². The van der Waals surface area contributed by atoms with Gasteiger partial charge in [-0.05, 0) is 89.9 Å². The molecule has 1 amide bonds. The molecule has 0 rings (SSSR count).